The van der Waals surface area contributed by atoms with Crippen LogP contribution in [0.2, 0.25) is 0 Å². The highest BCUT2D eigenvalue weighted by molar-refractivity contribution is 5.79. The second kappa shape index (κ2) is 5.98. The van der Waals surface area contributed by atoms with Crippen LogP contribution >= 0.6 is 0 Å². The lowest BCUT2D eigenvalue weighted by Gasteiger charge is -2.04. The van der Waals surface area contributed by atoms with Crippen LogP contribution in [-0.2, 0) is 0 Å². The highest BCUT2D eigenvalue weighted by Gasteiger charge is 2.16. The molecule has 4 rings (SSSR count). The number of rotatable bonds is 3. The highest BCUT2D eigenvalue weighted by atomic mass is 16.5. The van der Waals surface area contributed by atoms with Gasteiger partial charge in [0.25, 0.3) is 5.89 Å². The first-order chi connectivity index (χ1) is 12.4. The van der Waals surface area contributed by atoms with Crippen molar-refractivity contribution in [3.8, 4) is 22.8 Å². The molecular weight excluding hydrogens is 330 g/mol. The maximum absolute atomic E-state index is 12.0. The Kier molecular flexibility index (Phi) is 3.76. The lowest BCUT2D eigenvalue weighted by atomic mass is 10.1. The van der Waals surface area contributed by atoms with Crippen molar-refractivity contribution >= 4 is 11.1 Å². The zero-order valence-corrected chi connectivity index (χ0v) is 15.1. The number of hydrogen-bond acceptors (Lipinski definition) is 5. The molecule has 2 aromatic carbocycles. The maximum Gasteiger partial charge on any atom is 0.420 e. The molecule has 0 unspecified atom stereocenters. The molecule has 0 spiro atoms. The zero-order chi connectivity index (χ0) is 18.4. The van der Waals surface area contributed by atoms with E-state index in [0.717, 1.165) is 22.2 Å². The molecule has 0 aliphatic heterocycles. The van der Waals surface area contributed by atoms with Crippen LogP contribution in [0.3, 0.4) is 0 Å². The number of aromatic nitrogens is 3. The molecule has 0 saturated carbocycles. The third-order valence-corrected chi connectivity index (χ3v) is 4.43. The molecule has 0 bridgehead atoms. The van der Waals surface area contributed by atoms with Gasteiger partial charge in [-0.3, -0.25) is 4.57 Å². The largest absolute Gasteiger partial charge is 0.420 e. The molecule has 4 aromatic rings. The van der Waals surface area contributed by atoms with Gasteiger partial charge >= 0.3 is 5.76 Å². The summed E-state index contributed by atoms with van der Waals surface area (Å²) in [4.78, 5) is 16.5. The summed E-state index contributed by atoms with van der Waals surface area (Å²) in [7, 11) is 0. The monoisotopic (exact) mass is 349 g/mol. The molecule has 0 saturated heterocycles. The summed E-state index contributed by atoms with van der Waals surface area (Å²) < 4.78 is 12.4. The normalized spacial score (nSPS) is 11.6. The van der Waals surface area contributed by atoms with Crippen LogP contribution in [0.25, 0.3) is 33.9 Å². The van der Waals surface area contributed by atoms with E-state index in [0.29, 0.717) is 17.3 Å². The Morgan fingerprint density at radius 2 is 1.88 bits per heavy atom. The molecule has 0 aliphatic carbocycles. The summed E-state index contributed by atoms with van der Waals surface area (Å²) in [6.45, 7) is 7.95. The van der Waals surface area contributed by atoms with Crippen molar-refractivity contribution in [3.63, 3.8) is 0 Å². The molecular formula is C20H19N3O3. The second-order valence-electron chi connectivity index (χ2n) is 6.76. The van der Waals surface area contributed by atoms with Gasteiger partial charge in [0.1, 0.15) is 0 Å². The number of fused-ring (bicyclic) bond motifs is 1. The minimum absolute atomic E-state index is 0.0240. The first-order valence-electron chi connectivity index (χ1n) is 8.51. The van der Waals surface area contributed by atoms with Gasteiger partial charge in [-0.1, -0.05) is 22.9 Å². The van der Waals surface area contributed by atoms with Gasteiger partial charge in [-0.25, -0.2) is 4.79 Å². The summed E-state index contributed by atoms with van der Waals surface area (Å²) in [5, 5.41) is 4.08. The first kappa shape index (κ1) is 16.3. The Balaban J connectivity index is 1.77. The smallest absolute Gasteiger partial charge is 0.408 e. The highest BCUT2D eigenvalue weighted by Crippen LogP contribution is 2.27. The van der Waals surface area contributed by atoms with E-state index >= 15 is 0 Å². The number of oxazole rings is 1. The molecule has 0 aliphatic rings. The van der Waals surface area contributed by atoms with E-state index in [1.807, 2.05) is 52.0 Å². The fourth-order valence-electron chi connectivity index (χ4n) is 3.17. The van der Waals surface area contributed by atoms with Gasteiger partial charge in [0.15, 0.2) is 5.58 Å². The molecule has 2 heterocycles. The minimum Gasteiger partial charge on any atom is -0.408 e. The summed E-state index contributed by atoms with van der Waals surface area (Å²) in [6, 6.07) is 11.6. The summed E-state index contributed by atoms with van der Waals surface area (Å²) >= 11 is 0. The van der Waals surface area contributed by atoms with Crippen molar-refractivity contribution in [2.45, 2.75) is 33.7 Å². The van der Waals surface area contributed by atoms with Gasteiger partial charge in [0, 0.05) is 17.2 Å². The molecule has 0 amide bonds. The molecule has 132 valence electrons. The molecule has 26 heavy (non-hydrogen) atoms. The fourth-order valence-corrected chi connectivity index (χ4v) is 3.17. The van der Waals surface area contributed by atoms with Crippen LogP contribution < -0.4 is 5.76 Å². The van der Waals surface area contributed by atoms with Gasteiger partial charge < -0.3 is 8.94 Å². The molecule has 0 N–H and O–H groups in total. The summed E-state index contributed by atoms with van der Waals surface area (Å²) in [6.07, 6.45) is 0. The Labute approximate surface area is 150 Å². The third kappa shape index (κ3) is 2.63. The Morgan fingerprint density at radius 1 is 1.08 bits per heavy atom. The summed E-state index contributed by atoms with van der Waals surface area (Å²) in [5.41, 5.74) is 5.18. The molecule has 2 aromatic heterocycles. The van der Waals surface area contributed by atoms with Crippen molar-refractivity contribution in [1.82, 2.24) is 14.7 Å². The van der Waals surface area contributed by atoms with Gasteiger partial charge in [-0.15, -0.1) is 0 Å². The standard InChI is InChI=1S/C20H19N3O3/c1-11(2)23-16-8-6-14(10-17(16)25-20(23)24)18-21-19(26-22-18)15-7-5-12(3)9-13(15)4/h5-11H,1-4H3. The van der Waals surface area contributed by atoms with Gasteiger partial charge in [0.2, 0.25) is 5.82 Å². The topological polar surface area (TPSA) is 74.1 Å². The first-order valence-corrected chi connectivity index (χ1v) is 8.51. The van der Waals surface area contributed by atoms with Gasteiger partial charge in [0.05, 0.1) is 5.52 Å². The second-order valence-corrected chi connectivity index (χ2v) is 6.76. The van der Waals surface area contributed by atoms with E-state index in [2.05, 4.69) is 16.2 Å². The average molecular weight is 349 g/mol. The van der Waals surface area contributed by atoms with Crippen molar-refractivity contribution < 1.29 is 8.94 Å². The van der Waals surface area contributed by atoms with Crippen molar-refractivity contribution in [2.24, 2.45) is 0 Å². The molecule has 0 radical (unpaired) electrons. The Morgan fingerprint density at radius 3 is 2.62 bits per heavy atom. The van der Waals surface area contributed by atoms with Crippen LogP contribution in [-0.4, -0.2) is 14.7 Å². The molecule has 0 atom stereocenters. The lowest BCUT2D eigenvalue weighted by Crippen LogP contribution is -2.15. The van der Waals surface area contributed by atoms with E-state index < -0.39 is 0 Å². The Bertz CT molecular complexity index is 1160. The lowest BCUT2D eigenvalue weighted by molar-refractivity contribution is 0.432. The van der Waals surface area contributed by atoms with Crippen molar-refractivity contribution in [3.05, 3.63) is 58.1 Å². The van der Waals surface area contributed by atoms with E-state index in [4.69, 9.17) is 8.94 Å². The average Bonchev–Trinajstić information content (AvgIpc) is 3.17. The molecule has 6 nitrogen and oxygen atoms in total. The van der Waals surface area contributed by atoms with Crippen molar-refractivity contribution in [1.29, 1.82) is 0 Å². The number of benzene rings is 2. The third-order valence-electron chi connectivity index (χ3n) is 4.43. The Hall–Kier alpha value is -3.15. The summed E-state index contributed by atoms with van der Waals surface area (Å²) in [5.74, 6) is 0.567. The molecule has 0 fully saturated rings. The quantitative estimate of drug-likeness (QED) is 0.544. The van der Waals surface area contributed by atoms with Gasteiger partial charge in [-0.2, -0.15) is 4.98 Å². The van der Waals surface area contributed by atoms with Crippen LogP contribution in [0.1, 0.15) is 31.0 Å². The zero-order valence-electron chi connectivity index (χ0n) is 15.1. The van der Waals surface area contributed by atoms with Crippen LogP contribution in [0.15, 0.2) is 50.1 Å². The van der Waals surface area contributed by atoms with Crippen molar-refractivity contribution in [2.75, 3.05) is 0 Å². The van der Waals surface area contributed by atoms with Crippen LogP contribution in [0.4, 0.5) is 0 Å². The van der Waals surface area contributed by atoms with E-state index in [1.165, 1.54) is 5.56 Å². The number of nitrogens with zero attached hydrogens (tertiary/aromatic N) is 3. The van der Waals surface area contributed by atoms with Crippen LogP contribution in [0.5, 0.6) is 0 Å². The van der Waals surface area contributed by atoms with E-state index in [1.54, 1.807) is 10.6 Å². The number of aryl methyl sites for hydroxylation is 2. The van der Waals surface area contributed by atoms with E-state index in [-0.39, 0.29) is 11.8 Å². The fraction of sp³-hybridized carbons (Fsp3) is 0.250. The maximum atomic E-state index is 12.0. The predicted molar refractivity (Wildman–Crippen MR) is 99.1 cm³/mol. The van der Waals surface area contributed by atoms with E-state index in [9.17, 15) is 4.79 Å². The molecule has 6 heteroatoms. The van der Waals surface area contributed by atoms with Gasteiger partial charge in [-0.05, 0) is 57.5 Å². The number of hydrogen-bond donors (Lipinski definition) is 0. The predicted octanol–water partition coefficient (Wildman–Crippen LogP) is 4.51. The minimum atomic E-state index is -0.365. The SMILES string of the molecule is Cc1ccc(-c2nc(-c3ccc4c(c3)oc(=O)n4C(C)C)no2)c(C)c1. The van der Waals surface area contributed by atoms with Crippen LogP contribution in [0, 0.1) is 13.8 Å².